The third-order valence-corrected chi connectivity index (χ3v) is 3.07. The van der Waals surface area contributed by atoms with Crippen LogP contribution in [0.25, 0.3) is 0 Å². The summed E-state index contributed by atoms with van der Waals surface area (Å²) in [5, 5.41) is 3.74. The van der Waals surface area contributed by atoms with Crippen molar-refractivity contribution in [3.05, 3.63) is 22.2 Å². The molecule has 0 bridgehead atoms. The highest BCUT2D eigenvalue weighted by Crippen LogP contribution is 2.40. The molecule has 0 fully saturated rings. The quantitative estimate of drug-likeness (QED) is 0.850. The Bertz CT molecular complexity index is 380. The summed E-state index contributed by atoms with van der Waals surface area (Å²) in [6, 6.07) is 1.97. The fourth-order valence-corrected chi connectivity index (χ4v) is 2.27. The minimum atomic E-state index is 0.604. The van der Waals surface area contributed by atoms with Crippen molar-refractivity contribution in [2.24, 2.45) is 0 Å². The van der Waals surface area contributed by atoms with Crippen molar-refractivity contribution in [3.8, 4) is 11.5 Å². The number of hydrogen-bond acceptors (Lipinski definition) is 3. The fourth-order valence-electron chi connectivity index (χ4n) is 1.97. The summed E-state index contributed by atoms with van der Waals surface area (Å²) in [7, 11) is 5.19. The number of likely N-dealkylation sites (N-methyl/N-ethyl adjacent to an activating group) is 1. The van der Waals surface area contributed by atoms with Gasteiger partial charge >= 0.3 is 0 Å². The van der Waals surface area contributed by atoms with Crippen molar-refractivity contribution in [2.75, 3.05) is 27.8 Å². The van der Waals surface area contributed by atoms with Gasteiger partial charge in [-0.05, 0) is 38.1 Å². The molecule has 1 aromatic carbocycles. The van der Waals surface area contributed by atoms with Crippen LogP contribution in [0.5, 0.6) is 11.5 Å². The average molecular weight is 258 g/mol. The van der Waals surface area contributed by atoms with Crippen LogP contribution >= 0.6 is 11.6 Å². The summed E-state index contributed by atoms with van der Waals surface area (Å²) in [5.74, 6) is 1.38. The van der Waals surface area contributed by atoms with Crippen molar-refractivity contribution in [1.29, 1.82) is 0 Å². The molecular formula is C13H20ClNO2. The maximum Gasteiger partial charge on any atom is 0.179 e. The van der Waals surface area contributed by atoms with E-state index in [4.69, 9.17) is 21.1 Å². The van der Waals surface area contributed by atoms with Crippen molar-refractivity contribution >= 4 is 11.6 Å². The van der Waals surface area contributed by atoms with Crippen molar-refractivity contribution in [3.63, 3.8) is 0 Å². The highest BCUT2D eigenvalue weighted by Gasteiger charge is 2.17. The van der Waals surface area contributed by atoms with E-state index < -0.39 is 0 Å². The van der Waals surface area contributed by atoms with Crippen LogP contribution in [0.1, 0.15) is 18.1 Å². The van der Waals surface area contributed by atoms with Crippen molar-refractivity contribution < 1.29 is 9.47 Å². The predicted octanol–water partition coefficient (Wildman–Crippen LogP) is 2.68. The van der Waals surface area contributed by atoms with Gasteiger partial charge in [-0.25, -0.2) is 0 Å². The molecule has 0 aliphatic rings. The summed E-state index contributed by atoms with van der Waals surface area (Å²) in [5.41, 5.74) is 2.38. The third kappa shape index (κ3) is 3.05. The first-order chi connectivity index (χ1) is 8.19. The molecule has 0 radical (unpaired) electrons. The average Bonchev–Trinajstić information content (AvgIpc) is 2.35. The zero-order chi connectivity index (χ0) is 12.8. The molecule has 0 unspecified atom stereocenters. The largest absolute Gasteiger partial charge is 0.493 e. The molecule has 0 aliphatic heterocycles. The van der Waals surface area contributed by atoms with Crippen LogP contribution in [0.15, 0.2) is 6.07 Å². The highest BCUT2D eigenvalue weighted by atomic mass is 35.5. The molecule has 1 N–H and O–H groups in total. The number of rotatable bonds is 6. The van der Waals surface area contributed by atoms with Crippen LogP contribution < -0.4 is 14.8 Å². The Morgan fingerprint density at radius 1 is 1.24 bits per heavy atom. The molecule has 1 aromatic rings. The predicted molar refractivity (Wildman–Crippen MR) is 71.6 cm³/mol. The summed E-state index contributed by atoms with van der Waals surface area (Å²) in [4.78, 5) is 0. The fraction of sp³-hybridized carbons (Fsp3) is 0.538. The standard InChI is InChI=1S/C13H20ClNO2/c1-5-10-9(6-7-15-2)8-11(14)13(17-4)12(10)16-3/h8,15H,5-7H2,1-4H3. The summed E-state index contributed by atoms with van der Waals surface area (Å²) < 4.78 is 10.7. The highest BCUT2D eigenvalue weighted by molar-refractivity contribution is 6.32. The Labute approximate surface area is 108 Å². The first-order valence-corrected chi connectivity index (χ1v) is 6.14. The lowest BCUT2D eigenvalue weighted by molar-refractivity contribution is 0.351. The van der Waals surface area contributed by atoms with Gasteiger partial charge in [-0.15, -0.1) is 0 Å². The number of hydrogen-bond donors (Lipinski definition) is 1. The summed E-state index contributed by atoms with van der Waals surface area (Å²) in [6.45, 7) is 3.02. The number of methoxy groups -OCH3 is 2. The van der Waals surface area contributed by atoms with E-state index >= 15 is 0 Å². The Hall–Kier alpha value is -0.930. The lowest BCUT2D eigenvalue weighted by Crippen LogP contribution is -2.12. The molecule has 0 saturated carbocycles. The molecule has 4 heteroatoms. The third-order valence-electron chi connectivity index (χ3n) is 2.79. The number of ether oxygens (including phenoxy) is 2. The smallest absolute Gasteiger partial charge is 0.179 e. The second kappa shape index (κ2) is 6.72. The van der Waals surface area contributed by atoms with Gasteiger partial charge in [-0.3, -0.25) is 0 Å². The minimum absolute atomic E-state index is 0.604. The molecular weight excluding hydrogens is 238 g/mol. The topological polar surface area (TPSA) is 30.5 Å². The van der Waals surface area contributed by atoms with Crippen LogP contribution in [0.2, 0.25) is 5.02 Å². The SMILES string of the molecule is CCc1c(CCNC)cc(Cl)c(OC)c1OC. The minimum Gasteiger partial charge on any atom is -0.493 e. The first kappa shape index (κ1) is 14.1. The van der Waals surface area contributed by atoms with E-state index in [1.54, 1.807) is 14.2 Å². The first-order valence-electron chi connectivity index (χ1n) is 5.76. The molecule has 0 atom stereocenters. The van der Waals surface area contributed by atoms with Crippen LogP contribution in [0, 0.1) is 0 Å². The molecule has 96 valence electrons. The van der Waals surface area contributed by atoms with Gasteiger partial charge < -0.3 is 14.8 Å². The lowest BCUT2D eigenvalue weighted by Gasteiger charge is -2.17. The molecule has 0 aromatic heterocycles. The van der Waals surface area contributed by atoms with Gasteiger partial charge in [0.15, 0.2) is 11.5 Å². The molecule has 0 saturated heterocycles. The van der Waals surface area contributed by atoms with E-state index in [0.717, 1.165) is 25.1 Å². The molecule has 17 heavy (non-hydrogen) atoms. The molecule has 3 nitrogen and oxygen atoms in total. The van der Waals surface area contributed by atoms with E-state index in [0.29, 0.717) is 10.8 Å². The van der Waals surface area contributed by atoms with Gasteiger partial charge in [0.25, 0.3) is 0 Å². The van der Waals surface area contributed by atoms with Gasteiger partial charge in [0.2, 0.25) is 0 Å². The van der Waals surface area contributed by atoms with E-state index in [2.05, 4.69) is 12.2 Å². The van der Waals surface area contributed by atoms with Gasteiger partial charge in [0.1, 0.15) is 0 Å². The van der Waals surface area contributed by atoms with Crippen LogP contribution in [-0.2, 0) is 12.8 Å². The number of nitrogens with one attached hydrogen (secondary N) is 1. The van der Waals surface area contributed by atoms with Crippen molar-refractivity contribution in [2.45, 2.75) is 19.8 Å². The maximum absolute atomic E-state index is 6.20. The molecule has 0 spiro atoms. The Balaban J connectivity index is 3.26. The zero-order valence-electron chi connectivity index (χ0n) is 10.9. The Morgan fingerprint density at radius 2 is 1.88 bits per heavy atom. The molecule has 0 aliphatic carbocycles. The van der Waals surface area contributed by atoms with E-state index in [9.17, 15) is 0 Å². The number of benzene rings is 1. The second-order valence-corrected chi connectivity index (χ2v) is 4.18. The van der Waals surface area contributed by atoms with Crippen LogP contribution in [0.4, 0.5) is 0 Å². The van der Waals surface area contributed by atoms with Crippen molar-refractivity contribution in [1.82, 2.24) is 5.32 Å². The summed E-state index contributed by atoms with van der Waals surface area (Å²) >= 11 is 6.20. The lowest BCUT2D eigenvalue weighted by atomic mass is 10.0. The normalized spacial score (nSPS) is 10.4. The molecule has 0 amide bonds. The second-order valence-electron chi connectivity index (χ2n) is 3.77. The van der Waals surface area contributed by atoms with E-state index in [1.807, 2.05) is 13.1 Å². The van der Waals surface area contributed by atoms with Gasteiger partial charge in [-0.1, -0.05) is 18.5 Å². The molecule has 0 heterocycles. The van der Waals surface area contributed by atoms with E-state index in [1.165, 1.54) is 11.1 Å². The monoisotopic (exact) mass is 257 g/mol. The van der Waals surface area contributed by atoms with Gasteiger partial charge in [0.05, 0.1) is 19.2 Å². The molecule has 1 rings (SSSR count). The van der Waals surface area contributed by atoms with Gasteiger partial charge in [-0.2, -0.15) is 0 Å². The maximum atomic E-state index is 6.20. The Kier molecular flexibility index (Phi) is 5.59. The van der Waals surface area contributed by atoms with E-state index in [-0.39, 0.29) is 0 Å². The Morgan fingerprint density at radius 3 is 2.35 bits per heavy atom. The summed E-state index contributed by atoms with van der Waals surface area (Å²) in [6.07, 6.45) is 1.83. The van der Waals surface area contributed by atoms with Crippen LogP contribution in [0.3, 0.4) is 0 Å². The van der Waals surface area contributed by atoms with Crippen LogP contribution in [-0.4, -0.2) is 27.8 Å². The zero-order valence-corrected chi connectivity index (χ0v) is 11.6. The number of halogens is 1. The van der Waals surface area contributed by atoms with Gasteiger partial charge in [0, 0.05) is 5.56 Å².